The summed E-state index contributed by atoms with van der Waals surface area (Å²) in [4.78, 5) is 15.2. The third-order valence-corrected chi connectivity index (χ3v) is 2.61. The van der Waals surface area contributed by atoms with Crippen LogP contribution in [0.2, 0.25) is 0 Å². The maximum atomic E-state index is 11.1. The minimum Gasteiger partial charge on any atom is -0.335 e. The van der Waals surface area contributed by atoms with Gasteiger partial charge < -0.3 is 5.32 Å². The summed E-state index contributed by atoms with van der Waals surface area (Å²) in [5.74, 6) is 0.985. The number of nitrogens with zero attached hydrogens (tertiary/aromatic N) is 1. The normalized spacial score (nSPS) is 21.8. The minimum absolute atomic E-state index is 0.106. The molecule has 4 nitrogen and oxygen atoms in total. The van der Waals surface area contributed by atoms with Gasteiger partial charge in [-0.2, -0.15) is 0 Å². The zero-order chi connectivity index (χ0) is 8.39. The van der Waals surface area contributed by atoms with E-state index in [4.69, 9.17) is 0 Å². The highest BCUT2D eigenvalue weighted by Gasteiger charge is 2.23. The first-order valence-electron chi connectivity index (χ1n) is 4.09. The topological polar surface area (TPSA) is 53.5 Å². The van der Waals surface area contributed by atoms with Crippen molar-refractivity contribution in [3.8, 4) is 0 Å². The van der Waals surface area contributed by atoms with Crippen molar-refractivity contribution in [2.24, 2.45) is 4.99 Å². The number of carbonyl (C=O) groups excluding carboxylic acids is 1. The Morgan fingerprint density at radius 2 is 2.42 bits per heavy atom. The predicted octanol–water partition coefficient (Wildman–Crippen LogP) is 0.551. The SMILES string of the molecule is O=C(NC1=NCCS1)NC1CC1. The zero-order valence-electron chi connectivity index (χ0n) is 6.67. The largest absolute Gasteiger partial charge is 0.335 e. The number of thioether (sulfide) groups is 1. The van der Waals surface area contributed by atoms with Crippen molar-refractivity contribution in [3.05, 3.63) is 0 Å². The lowest BCUT2D eigenvalue weighted by atomic mass is 10.7. The van der Waals surface area contributed by atoms with Crippen molar-refractivity contribution < 1.29 is 4.79 Å². The summed E-state index contributed by atoms with van der Waals surface area (Å²) in [7, 11) is 0. The summed E-state index contributed by atoms with van der Waals surface area (Å²) in [6.07, 6.45) is 2.24. The van der Waals surface area contributed by atoms with Crippen LogP contribution in [0.15, 0.2) is 4.99 Å². The van der Waals surface area contributed by atoms with E-state index < -0.39 is 0 Å². The van der Waals surface area contributed by atoms with Crippen LogP contribution >= 0.6 is 11.8 Å². The number of hydrogen-bond acceptors (Lipinski definition) is 3. The molecule has 2 amide bonds. The Hall–Kier alpha value is -0.710. The van der Waals surface area contributed by atoms with Crippen molar-refractivity contribution >= 4 is 23.0 Å². The molecule has 1 fully saturated rings. The second kappa shape index (κ2) is 3.35. The van der Waals surface area contributed by atoms with Gasteiger partial charge in [0.2, 0.25) is 0 Å². The van der Waals surface area contributed by atoms with Crippen LogP contribution < -0.4 is 10.6 Å². The third kappa shape index (κ3) is 2.14. The van der Waals surface area contributed by atoms with E-state index in [9.17, 15) is 4.79 Å². The van der Waals surface area contributed by atoms with E-state index >= 15 is 0 Å². The minimum atomic E-state index is -0.106. The van der Waals surface area contributed by atoms with Gasteiger partial charge in [0, 0.05) is 11.8 Å². The van der Waals surface area contributed by atoms with Gasteiger partial charge >= 0.3 is 6.03 Å². The second-order valence-corrected chi connectivity index (χ2v) is 3.99. The number of hydrogen-bond donors (Lipinski definition) is 2. The van der Waals surface area contributed by atoms with Gasteiger partial charge in [0.05, 0.1) is 6.54 Å². The molecule has 1 aliphatic heterocycles. The molecule has 1 saturated carbocycles. The summed E-state index contributed by atoms with van der Waals surface area (Å²) >= 11 is 1.60. The first-order valence-corrected chi connectivity index (χ1v) is 5.08. The summed E-state index contributed by atoms with van der Waals surface area (Å²) < 4.78 is 0. The Kier molecular flexibility index (Phi) is 2.21. The third-order valence-electron chi connectivity index (χ3n) is 1.72. The average Bonchev–Trinajstić information content (AvgIpc) is 2.66. The van der Waals surface area contributed by atoms with Crippen LogP contribution in [0.1, 0.15) is 12.8 Å². The molecular formula is C7H11N3OS. The molecule has 1 heterocycles. The molecule has 0 aromatic carbocycles. The summed E-state index contributed by atoms with van der Waals surface area (Å²) in [5, 5.41) is 6.31. The smallest absolute Gasteiger partial charge is 0.321 e. The lowest BCUT2D eigenvalue weighted by molar-refractivity contribution is 0.245. The van der Waals surface area contributed by atoms with Crippen LogP contribution in [-0.2, 0) is 0 Å². The fourth-order valence-corrected chi connectivity index (χ4v) is 1.68. The maximum Gasteiger partial charge on any atom is 0.321 e. The van der Waals surface area contributed by atoms with Crippen molar-refractivity contribution in [3.63, 3.8) is 0 Å². The molecule has 0 saturated heterocycles. The highest BCUT2D eigenvalue weighted by Crippen LogP contribution is 2.18. The van der Waals surface area contributed by atoms with Gasteiger partial charge in [-0.1, -0.05) is 11.8 Å². The molecule has 2 aliphatic rings. The van der Waals surface area contributed by atoms with Gasteiger partial charge in [-0.15, -0.1) is 0 Å². The second-order valence-electron chi connectivity index (χ2n) is 2.91. The Morgan fingerprint density at radius 3 is 3.00 bits per heavy atom. The Bertz CT molecular complexity index is 225. The summed E-state index contributed by atoms with van der Waals surface area (Å²) in [6, 6.07) is 0.308. The molecule has 0 radical (unpaired) electrons. The predicted molar refractivity (Wildman–Crippen MR) is 49.4 cm³/mol. The lowest BCUT2D eigenvalue weighted by Gasteiger charge is -2.04. The molecule has 0 atom stereocenters. The van der Waals surface area contributed by atoms with E-state index in [1.54, 1.807) is 11.8 Å². The van der Waals surface area contributed by atoms with Crippen molar-refractivity contribution in [1.82, 2.24) is 10.6 Å². The van der Waals surface area contributed by atoms with E-state index in [1.807, 2.05) is 0 Å². The standard InChI is InChI=1S/C7H11N3OS/c11-6(9-5-1-2-5)10-7-8-3-4-12-7/h5H,1-4H2,(H2,8,9,10,11). The fraction of sp³-hybridized carbons (Fsp3) is 0.714. The van der Waals surface area contributed by atoms with Gasteiger partial charge in [0.15, 0.2) is 5.17 Å². The Balaban J connectivity index is 1.73. The van der Waals surface area contributed by atoms with Crippen LogP contribution in [0.25, 0.3) is 0 Å². The van der Waals surface area contributed by atoms with Crippen molar-refractivity contribution in [2.45, 2.75) is 18.9 Å². The first kappa shape index (κ1) is 7.91. The molecule has 66 valence electrons. The number of carbonyl (C=O) groups is 1. The molecule has 0 spiro atoms. The average molecular weight is 185 g/mol. The monoisotopic (exact) mass is 185 g/mol. The van der Waals surface area contributed by atoms with E-state index in [0.29, 0.717) is 6.04 Å². The zero-order valence-corrected chi connectivity index (χ0v) is 7.49. The number of amidine groups is 1. The summed E-state index contributed by atoms with van der Waals surface area (Å²) in [5.41, 5.74) is 0. The first-order chi connectivity index (χ1) is 5.84. The van der Waals surface area contributed by atoms with Gasteiger partial charge in [0.1, 0.15) is 0 Å². The molecule has 5 heteroatoms. The quantitative estimate of drug-likeness (QED) is 0.627. The van der Waals surface area contributed by atoms with Crippen molar-refractivity contribution in [1.29, 1.82) is 0 Å². The summed E-state index contributed by atoms with van der Waals surface area (Å²) in [6.45, 7) is 0.823. The number of nitrogens with one attached hydrogen (secondary N) is 2. The molecule has 1 aliphatic carbocycles. The maximum absolute atomic E-state index is 11.1. The number of amides is 2. The van der Waals surface area contributed by atoms with Gasteiger partial charge in [-0.05, 0) is 12.8 Å². The molecule has 0 aromatic rings. The fourth-order valence-electron chi connectivity index (χ4n) is 0.957. The van der Waals surface area contributed by atoms with Gasteiger partial charge in [-0.25, -0.2) is 4.79 Å². The number of urea groups is 1. The van der Waals surface area contributed by atoms with Crippen LogP contribution in [0.4, 0.5) is 4.79 Å². The molecule has 0 aromatic heterocycles. The Morgan fingerprint density at radius 1 is 1.58 bits per heavy atom. The Labute approximate surface area is 75.2 Å². The van der Waals surface area contributed by atoms with E-state index in [0.717, 1.165) is 30.3 Å². The molecule has 0 bridgehead atoms. The molecular weight excluding hydrogens is 174 g/mol. The molecule has 12 heavy (non-hydrogen) atoms. The van der Waals surface area contributed by atoms with Crippen molar-refractivity contribution in [2.75, 3.05) is 12.3 Å². The molecule has 2 N–H and O–H groups in total. The van der Waals surface area contributed by atoms with Crippen LogP contribution in [0, 0.1) is 0 Å². The number of rotatable bonds is 1. The molecule has 0 unspecified atom stereocenters. The van der Waals surface area contributed by atoms with E-state index in [1.165, 1.54) is 0 Å². The highest BCUT2D eigenvalue weighted by atomic mass is 32.2. The van der Waals surface area contributed by atoms with Crippen LogP contribution in [0.3, 0.4) is 0 Å². The highest BCUT2D eigenvalue weighted by molar-refractivity contribution is 8.14. The van der Waals surface area contributed by atoms with E-state index in [-0.39, 0.29) is 6.03 Å². The molecule has 2 rings (SSSR count). The number of aliphatic imine (C=N–C) groups is 1. The lowest BCUT2D eigenvalue weighted by Crippen LogP contribution is -2.38. The van der Waals surface area contributed by atoms with Crippen LogP contribution in [0.5, 0.6) is 0 Å². The van der Waals surface area contributed by atoms with E-state index in [2.05, 4.69) is 15.6 Å². The van der Waals surface area contributed by atoms with Crippen LogP contribution in [-0.4, -0.2) is 29.5 Å². The van der Waals surface area contributed by atoms with Gasteiger partial charge in [-0.3, -0.25) is 10.3 Å². The van der Waals surface area contributed by atoms with Gasteiger partial charge in [0.25, 0.3) is 0 Å².